The van der Waals surface area contributed by atoms with E-state index in [-0.39, 0.29) is 37.0 Å². The molecule has 0 bridgehead atoms. The summed E-state index contributed by atoms with van der Waals surface area (Å²) in [6, 6.07) is 0. The van der Waals surface area contributed by atoms with Crippen molar-refractivity contribution in [3.8, 4) is 0 Å². The summed E-state index contributed by atoms with van der Waals surface area (Å²) in [6.07, 6.45) is 3.71. The van der Waals surface area contributed by atoms with Gasteiger partial charge in [-0.25, -0.2) is 4.39 Å². The number of fused-ring (bicyclic) bond motifs is 5. The third-order valence-electron chi connectivity index (χ3n) is 10.1. The molecule has 0 amide bonds. The van der Waals surface area contributed by atoms with Crippen LogP contribution in [0.1, 0.15) is 74.1 Å². The molecule has 42 heavy (non-hydrogen) atoms. The Hall–Kier alpha value is -3.14. The molecule has 2 fully saturated rings. The summed E-state index contributed by atoms with van der Waals surface area (Å²) in [5, 5.41) is 11.8. The molecule has 230 valence electrons. The number of alkyl halides is 1. The molecule has 0 spiro atoms. The number of hydrogen-bond acceptors (Lipinski definition) is 9. The van der Waals surface area contributed by atoms with Crippen LogP contribution in [-0.4, -0.2) is 58.6 Å². The van der Waals surface area contributed by atoms with Crippen LogP contribution < -0.4 is 0 Å². The molecule has 10 heteroatoms. The molecule has 0 heterocycles. The van der Waals surface area contributed by atoms with E-state index in [4.69, 9.17) is 14.2 Å². The maximum atomic E-state index is 17.8. The minimum atomic E-state index is -2.36. The molecule has 4 rings (SSSR count). The number of aliphatic hydroxyl groups is 1. The van der Waals surface area contributed by atoms with Crippen LogP contribution in [0.5, 0.6) is 0 Å². The molecule has 2 saturated carbocycles. The molecule has 0 aromatic carbocycles. The van der Waals surface area contributed by atoms with Crippen LogP contribution in [0.15, 0.2) is 35.6 Å². The highest BCUT2D eigenvalue weighted by atomic mass is 19.1. The Kier molecular flexibility index (Phi) is 8.21. The Bertz CT molecular complexity index is 1300. The molecular weight excluding hydrogens is 547 g/mol. The monoisotopic (exact) mass is 588 g/mol. The molecule has 4 aliphatic carbocycles. The van der Waals surface area contributed by atoms with Crippen LogP contribution >= 0.6 is 0 Å². The first-order valence-corrected chi connectivity index (χ1v) is 14.7. The van der Waals surface area contributed by atoms with Crippen molar-refractivity contribution < 1.29 is 47.7 Å². The van der Waals surface area contributed by atoms with Gasteiger partial charge in [-0.15, -0.1) is 0 Å². The molecule has 0 aromatic rings. The van der Waals surface area contributed by atoms with Crippen LogP contribution in [0.4, 0.5) is 4.39 Å². The number of halogens is 1. The first kappa shape index (κ1) is 31.8. The molecule has 0 saturated heterocycles. The Morgan fingerprint density at radius 3 is 2.36 bits per heavy atom. The second-order valence-corrected chi connectivity index (χ2v) is 12.8. The molecule has 1 N–H and O–H groups in total. The summed E-state index contributed by atoms with van der Waals surface area (Å²) in [5.74, 6) is -5.84. The van der Waals surface area contributed by atoms with Crippen LogP contribution in [0.25, 0.3) is 0 Å². The summed E-state index contributed by atoms with van der Waals surface area (Å²) in [5.41, 5.74) is -6.89. The summed E-state index contributed by atoms with van der Waals surface area (Å²) in [6.45, 7) is 10.8. The fourth-order valence-corrected chi connectivity index (χ4v) is 7.86. The molecular formula is C32H41FO9. The van der Waals surface area contributed by atoms with Crippen molar-refractivity contribution in [3.05, 3.63) is 35.6 Å². The number of esters is 3. The van der Waals surface area contributed by atoms with Crippen molar-refractivity contribution in [3.63, 3.8) is 0 Å². The number of ketones is 2. The second kappa shape index (κ2) is 10.8. The van der Waals surface area contributed by atoms with Crippen molar-refractivity contribution in [1.29, 1.82) is 0 Å². The van der Waals surface area contributed by atoms with E-state index in [9.17, 15) is 29.1 Å². The lowest BCUT2D eigenvalue weighted by Gasteiger charge is -2.61. The molecule has 0 aliphatic heterocycles. The van der Waals surface area contributed by atoms with Gasteiger partial charge < -0.3 is 19.3 Å². The second-order valence-electron chi connectivity index (χ2n) is 12.8. The quantitative estimate of drug-likeness (QED) is 0.328. The number of carbonyl (C=O) groups is 5. The fraction of sp³-hybridized carbons (Fsp3) is 0.656. The first-order valence-electron chi connectivity index (χ1n) is 14.7. The molecule has 8 atom stereocenters. The maximum absolute atomic E-state index is 17.8. The smallest absolute Gasteiger partial charge is 0.310 e. The van der Waals surface area contributed by atoms with E-state index < -0.39 is 88.0 Å². The van der Waals surface area contributed by atoms with Crippen molar-refractivity contribution >= 4 is 29.5 Å². The number of aliphatic hydroxyl groups excluding tert-OH is 1. The Morgan fingerprint density at radius 2 is 1.76 bits per heavy atom. The van der Waals surface area contributed by atoms with Crippen LogP contribution in [0.3, 0.4) is 0 Å². The summed E-state index contributed by atoms with van der Waals surface area (Å²) >= 11 is 0. The largest absolute Gasteiger partial charge is 0.457 e. The Labute approximate surface area is 245 Å². The van der Waals surface area contributed by atoms with Gasteiger partial charge in [0.15, 0.2) is 23.7 Å². The average molecular weight is 589 g/mol. The predicted octanol–water partition coefficient (Wildman–Crippen LogP) is 4.12. The molecule has 0 radical (unpaired) electrons. The number of rotatable bonds is 8. The zero-order chi connectivity index (χ0) is 31.4. The van der Waals surface area contributed by atoms with E-state index in [1.807, 2.05) is 0 Å². The highest BCUT2D eigenvalue weighted by Crippen LogP contribution is 2.71. The summed E-state index contributed by atoms with van der Waals surface area (Å²) in [7, 11) is 0. The van der Waals surface area contributed by atoms with Crippen molar-refractivity contribution in [2.24, 2.45) is 34.5 Å². The molecule has 0 unspecified atom stereocenters. The van der Waals surface area contributed by atoms with Crippen LogP contribution in [-0.2, 0) is 38.2 Å². The Balaban J connectivity index is 1.92. The average Bonchev–Trinajstić information content (AvgIpc) is 3.15. The van der Waals surface area contributed by atoms with Gasteiger partial charge in [0.05, 0.1) is 17.4 Å². The molecule has 9 nitrogen and oxygen atoms in total. The van der Waals surface area contributed by atoms with Gasteiger partial charge in [-0.05, 0) is 43.9 Å². The topological polar surface area (TPSA) is 133 Å². The normalized spacial score (nSPS) is 38.5. The zero-order valence-corrected chi connectivity index (χ0v) is 25.3. The van der Waals surface area contributed by atoms with Gasteiger partial charge >= 0.3 is 17.9 Å². The minimum Gasteiger partial charge on any atom is -0.457 e. The van der Waals surface area contributed by atoms with E-state index >= 15 is 4.39 Å². The lowest BCUT2D eigenvalue weighted by atomic mass is 9.46. The number of Topliss-reactive ketones (excluding diaryl/α,β-unsaturated/α-hetero) is 1. The fourth-order valence-electron chi connectivity index (χ4n) is 7.86. The van der Waals surface area contributed by atoms with Gasteiger partial charge in [-0.1, -0.05) is 47.6 Å². The van der Waals surface area contributed by atoms with Crippen LogP contribution in [0.2, 0.25) is 0 Å². The highest BCUT2D eigenvalue weighted by Gasteiger charge is 2.77. The number of hydrogen-bond donors (Lipinski definition) is 1. The van der Waals surface area contributed by atoms with Crippen molar-refractivity contribution in [2.75, 3.05) is 6.61 Å². The van der Waals surface area contributed by atoms with E-state index in [1.54, 1.807) is 48.5 Å². The van der Waals surface area contributed by atoms with Gasteiger partial charge in [-0.3, -0.25) is 24.0 Å². The van der Waals surface area contributed by atoms with Crippen molar-refractivity contribution in [1.82, 2.24) is 0 Å². The van der Waals surface area contributed by atoms with Crippen molar-refractivity contribution in [2.45, 2.75) is 91.5 Å². The number of ether oxygens (including phenoxy) is 3. The third kappa shape index (κ3) is 4.39. The maximum Gasteiger partial charge on any atom is 0.310 e. The van der Waals surface area contributed by atoms with E-state index in [2.05, 4.69) is 0 Å². The minimum absolute atomic E-state index is 0.0318. The summed E-state index contributed by atoms with van der Waals surface area (Å²) in [4.78, 5) is 64.0. The number of carbonyl (C=O) groups excluding carboxylic acids is 5. The van der Waals surface area contributed by atoms with Gasteiger partial charge in [0, 0.05) is 35.7 Å². The third-order valence-corrected chi connectivity index (χ3v) is 10.1. The van der Waals surface area contributed by atoms with Gasteiger partial charge in [0.1, 0.15) is 5.76 Å². The van der Waals surface area contributed by atoms with E-state index in [0.717, 1.165) is 0 Å². The number of allylic oxidation sites excluding steroid dienone is 5. The Morgan fingerprint density at radius 1 is 1.12 bits per heavy atom. The first-order chi connectivity index (χ1) is 19.5. The van der Waals surface area contributed by atoms with E-state index in [0.29, 0.717) is 0 Å². The van der Waals surface area contributed by atoms with Gasteiger partial charge in [0.25, 0.3) is 0 Å². The summed E-state index contributed by atoms with van der Waals surface area (Å²) < 4.78 is 34.8. The molecule has 4 aliphatic rings. The SMILES string of the molecule is CCC(=O)OCC(=O)[C@]1(OC(=O)C(C)C)[C@@H](C)C[C@H]2[C@@H]3C=C(OC(=O)CC)C4=CC(=O)C=C[C@]4(C)[C@@]3(F)[C@@H](O)C[C@@]21C. The lowest BCUT2D eigenvalue weighted by Crippen LogP contribution is -2.69. The van der Waals surface area contributed by atoms with E-state index in [1.165, 1.54) is 24.3 Å². The van der Waals surface area contributed by atoms with Gasteiger partial charge in [0.2, 0.25) is 5.78 Å². The highest BCUT2D eigenvalue weighted by molar-refractivity contribution is 6.02. The zero-order valence-electron chi connectivity index (χ0n) is 25.3. The van der Waals surface area contributed by atoms with Crippen LogP contribution in [0, 0.1) is 34.5 Å². The molecule has 0 aromatic heterocycles. The van der Waals surface area contributed by atoms with Gasteiger partial charge in [-0.2, -0.15) is 0 Å². The standard InChI is InChI=1S/C32H41FO9/c1-8-26(37)40-16-25(36)32(42-28(39)17(3)4)18(5)12-20-21-14-23(41-27(38)9-2)22-13-19(34)10-11-29(22,6)31(21,33)24(35)15-30(20,32)7/h10-11,13-14,17-18,20-21,24,35H,8-9,12,15-16H2,1-7H3/t18-,20-,21-,24-,29-,30-,31-,32+/m0/s1. The predicted molar refractivity (Wildman–Crippen MR) is 148 cm³/mol. The lowest BCUT2D eigenvalue weighted by molar-refractivity contribution is -0.221.